The second-order valence-electron chi connectivity index (χ2n) is 6.47. The number of carbonyl (C=O) groups excluding carboxylic acids is 1. The Morgan fingerprint density at radius 3 is 2.28 bits per heavy atom. The van der Waals surface area contributed by atoms with Crippen molar-refractivity contribution in [3.8, 4) is 0 Å². The molecular formula is C17H18F2N2O3S. The number of sulfonamides is 1. The van der Waals surface area contributed by atoms with Gasteiger partial charge in [-0.15, -0.1) is 0 Å². The van der Waals surface area contributed by atoms with Gasteiger partial charge in [-0.05, 0) is 51.1 Å². The molecule has 2 aromatic rings. The number of rotatable bonds is 4. The van der Waals surface area contributed by atoms with E-state index in [0.717, 1.165) is 12.1 Å². The third-order valence-electron chi connectivity index (χ3n) is 3.02. The summed E-state index contributed by atoms with van der Waals surface area (Å²) in [6, 6.07) is 8.36. The Bertz CT molecular complexity index is 906. The molecule has 2 aromatic carbocycles. The minimum Gasteiger partial charge on any atom is -0.322 e. The zero-order chi connectivity index (χ0) is 18.8. The van der Waals surface area contributed by atoms with Crippen molar-refractivity contribution in [2.24, 2.45) is 0 Å². The summed E-state index contributed by atoms with van der Waals surface area (Å²) >= 11 is 0. The van der Waals surface area contributed by atoms with Crippen LogP contribution in [0.3, 0.4) is 0 Å². The van der Waals surface area contributed by atoms with E-state index in [1.807, 2.05) is 0 Å². The Hall–Kier alpha value is -2.32. The molecule has 0 atom stereocenters. The topological polar surface area (TPSA) is 75.3 Å². The lowest BCUT2D eigenvalue weighted by atomic mass is 10.1. The van der Waals surface area contributed by atoms with Crippen LogP contribution in [-0.2, 0) is 10.0 Å². The molecule has 1 amide bonds. The second kappa shape index (κ2) is 6.89. The first-order valence-corrected chi connectivity index (χ1v) is 8.87. The van der Waals surface area contributed by atoms with Gasteiger partial charge in [0.25, 0.3) is 5.91 Å². The van der Waals surface area contributed by atoms with Crippen LogP contribution in [0.1, 0.15) is 31.1 Å². The van der Waals surface area contributed by atoms with Crippen molar-refractivity contribution in [3.63, 3.8) is 0 Å². The third-order valence-corrected chi connectivity index (χ3v) is 4.78. The standard InChI is InChI=1S/C17H18F2N2O3S/c1-17(2,3)21-25(23,24)13-6-4-5-11(9-13)16(22)20-12-7-8-14(18)15(19)10-12/h4-10,21H,1-3H3,(H,20,22). The molecule has 0 saturated carbocycles. The van der Waals surface area contributed by atoms with Gasteiger partial charge in [-0.1, -0.05) is 6.07 Å². The smallest absolute Gasteiger partial charge is 0.255 e. The average molecular weight is 368 g/mol. The van der Waals surface area contributed by atoms with E-state index in [-0.39, 0.29) is 16.1 Å². The van der Waals surface area contributed by atoms with Crippen LogP contribution in [0.4, 0.5) is 14.5 Å². The van der Waals surface area contributed by atoms with Crippen molar-refractivity contribution in [2.45, 2.75) is 31.2 Å². The van der Waals surface area contributed by atoms with E-state index in [2.05, 4.69) is 10.0 Å². The van der Waals surface area contributed by atoms with Gasteiger partial charge in [0.2, 0.25) is 10.0 Å². The van der Waals surface area contributed by atoms with Gasteiger partial charge in [-0.3, -0.25) is 4.79 Å². The van der Waals surface area contributed by atoms with Gasteiger partial charge in [-0.2, -0.15) is 0 Å². The molecular weight excluding hydrogens is 350 g/mol. The fraction of sp³-hybridized carbons (Fsp3) is 0.235. The van der Waals surface area contributed by atoms with Crippen LogP contribution >= 0.6 is 0 Å². The first-order valence-electron chi connectivity index (χ1n) is 7.38. The summed E-state index contributed by atoms with van der Waals surface area (Å²) in [6.07, 6.45) is 0. The molecule has 0 unspecified atom stereocenters. The van der Waals surface area contributed by atoms with Crippen molar-refractivity contribution < 1.29 is 22.0 Å². The molecule has 5 nitrogen and oxygen atoms in total. The van der Waals surface area contributed by atoms with Gasteiger partial charge >= 0.3 is 0 Å². The summed E-state index contributed by atoms with van der Waals surface area (Å²) in [5.41, 5.74) is -0.547. The van der Waals surface area contributed by atoms with Crippen molar-refractivity contribution in [3.05, 3.63) is 59.7 Å². The first kappa shape index (κ1) is 19.0. The first-order chi connectivity index (χ1) is 11.5. The summed E-state index contributed by atoms with van der Waals surface area (Å²) in [5.74, 6) is -2.76. The summed E-state index contributed by atoms with van der Waals surface area (Å²) in [4.78, 5) is 12.2. The molecule has 0 spiro atoms. The van der Waals surface area contributed by atoms with Crippen LogP contribution < -0.4 is 10.0 Å². The Morgan fingerprint density at radius 2 is 1.68 bits per heavy atom. The summed E-state index contributed by atoms with van der Waals surface area (Å²) < 4.78 is 53.3. The fourth-order valence-corrected chi connectivity index (χ4v) is 3.51. The maximum absolute atomic E-state index is 13.2. The van der Waals surface area contributed by atoms with Gasteiger partial charge in [-0.25, -0.2) is 21.9 Å². The van der Waals surface area contributed by atoms with Gasteiger partial charge < -0.3 is 5.32 Å². The SMILES string of the molecule is CC(C)(C)NS(=O)(=O)c1cccc(C(=O)Nc2ccc(F)c(F)c2)c1. The molecule has 25 heavy (non-hydrogen) atoms. The van der Waals surface area contributed by atoms with Crippen LogP contribution in [0.15, 0.2) is 47.4 Å². The second-order valence-corrected chi connectivity index (χ2v) is 8.15. The Balaban J connectivity index is 2.25. The molecule has 0 aliphatic carbocycles. The van der Waals surface area contributed by atoms with E-state index < -0.39 is 33.1 Å². The van der Waals surface area contributed by atoms with Crippen LogP contribution in [0, 0.1) is 11.6 Å². The molecule has 0 radical (unpaired) electrons. The highest BCUT2D eigenvalue weighted by molar-refractivity contribution is 7.89. The monoisotopic (exact) mass is 368 g/mol. The van der Waals surface area contributed by atoms with E-state index in [1.165, 1.54) is 30.3 Å². The quantitative estimate of drug-likeness (QED) is 0.870. The Kier molecular flexibility index (Phi) is 5.24. The summed E-state index contributed by atoms with van der Waals surface area (Å²) in [7, 11) is -3.80. The molecule has 8 heteroatoms. The zero-order valence-electron chi connectivity index (χ0n) is 13.9. The van der Waals surface area contributed by atoms with Gasteiger partial charge in [0.05, 0.1) is 4.90 Å². The summed E-state index contributed by atoms with van der Waals surface area (Å²) in [5, 5.41) is 2.39. The lowest BCUT2D eigenvalue weighted by Crippen LogP contribution is -2.40. The number of hydrogen-bond donors (Lipinski definition) is 2. The van der Waals surface area contributed by atoms with Gasteiger partial charge in [0, 0.05) is 22.9 Å². The molecule has 0 fully saturated rings. The van der Waals surface area contributed by atoms with Crippen LogP contribution in [0.25, 0.3) is 0 Å². The number of amides is 1. The van der Waals surface area contributed by atoms with Crippen molar-refractivity contribution in [2.75, 3.05) is 5.32 Å². The maximum Gasteiger partial charge on any atom is 0.255 e. The summed E-state index contributed by atoms with van der Waals surface area (Å²) in [6.45, 7) is 5.10. The number of anilines is 1. The fourth-order valence-electron chi connectivity index (χ4n) is 2.04. The minimum absolute atomic E-state index is 0.0602. The lowest BCUT2D eigenvalue weighted by molar-refractivity contribution is 0.102. The molecule has 2 N–H and O–H groups in total. The normalized spacial score (nSPS) is 12.0. The molecule has 2 rings (SSSR count). The van der Waals surface area contributed by atoms with Gasteiger partial charge in [0.1, 0.15) is 0 Å². The average Bonchev–Trinajstić information content (AvgIpc) is 2.49. The molecule has 0 aliphatic heterocycles. The highest BCUT2D eigenvalue weighted by Gasteiger charge is 2.22. The Labute approximate surface area is 145 Å². The number of nitrogens with one attached hydrogen (secondary N) is 2. The highest BCUT2D eigenvalue weighted by Crippen LogP contribution is 2.17. The van der Waals surface area contributed by atoms with Crippen LogP contribution in [0.2, 0.25) is 0 Å². The predicted molar refractivity (Wildman–Crippen MR) is 90.8 cm³/mol. The van der Waals surface area contributed by atoms with Gasteiger partial charge in [0.15, 0.2) is 11.6 Å². The molecule has 0 aromatic heterocycles. The van der Waals surface area contributed by atoms with Crippen molar-refractivity contribution >= 4 is 21.6 Å². The highest BCUT2D eigenvalue weighted by atomic mass is 32.2. The third kappa shape index (κ3) is 5.07. The number of carbonyl (C=O) groups is 1. The van der Waals surface area contributed by atoms with Crippen LogP contribution in [0.5, 0.6) is 0 Å². The largest absolute Gasteiger partial charge is 0.322 e. The molecule has 134 valence electrons. The van der Waals surface area contributed by atoms with Crippen molar-refractivity contribution in [1.82, 2.24) is 4.72 Å². The van der Waals surface area contributed by atoms with E-state index in [9.17, 15) is 22.0 Å². The molecule has 0 bridgehead atoms. The maximum atomic E-state index is 13.2. The zero-order valence-corrected chi connectivity index (χ0v) is 14.7. The molecule has 0 saturated heterocycles. The number of halogens is 2. The lowest BCUT2D eigenvalue weighted by Gasteiger charge is -2.20. The predicted octanol–water partition coefficient (Wildman–Crippen LogP) is 3.29. The molecule has 0 heterocycles. The van der Waals surface area contributed by atoms with E-state index in [0.29, 0.717) is 0 Å². The van der Waals surface area contributed by atoms with Crippen LogP contribution in [-0.4, -0.2) is 19.9 Å². The van der Waals surface area contributed by atoms with Crippen molar-refractivity contribution in [1.29, 1.82) is 0 Å². The van der Waals surface area contributed by atoms with E-state index in [4.69, 9.17) is 0 Å². The number of hydrogen-bond acceptors (Lipinski definition) is 3. The van der Waals surface area contributed by atoms with E-state index in [1.54, 1.807) is 20.8 Å². The van der Waals surface area contributed by atoms with E-state index >= 15 is 0 Å². The molecule has 0 aliphatic rings. The minimum atomic E-state index is -3.80. The number of benzene rings is 2. The Morgan fingerprint density at radius 1 is 1.00 bits per heavy atom.